The molecule has 5 heteroatoms. The lowest BCUT2D eigenvalue weighted by molar-refractivity contribution is 0.417. The second-order valence-corrected chi connectivity index (χ2v) is 5.95. The van der Waals surface area contributed by atoms with Crippen LogP contribution in [0.15, 0.2) is 60.7 Å². The number of para-hydroxylation sites is 2. The maximum Gasteiger partial charge on any atom is 0.225 e. The minimum atomic E-state index is 0.241. The maximum atomic E-state index is 5.41. The molecule has 3 rings (SSSR count). The van der Waals surface area contributed by atoms with Crippen molar-refractivity contribution in [2.24, 2.45) is 0 Å². The van der Waals surface area contributed by atoms with E-state index in [9.17, 15) is 0 Å². The van der Waals surface area contributed by atoms with Gasteiger partial charge in [0.1, 0.15) is 11.6 Å². The highest BCUT2D eigenvalue weighted by Gasteiger charge is 2.09. The number of nitrogens with one attached hydrogen (secondary N) is 2. The summed E-state index contributed by atoms with van der Waals surface area (Å²) < 4.78 is 5.41. The normalized spacial score (nSPS) is 10.6. The smallest absolute Gasteiger partial charge is 0.225 e. The molecular formula is C20H22N4O. The molecule has 0 fully saturated rings. The molecule has 0 amide bonds. The summed E-state index contributed by atoms with van der Waals surface area (Å²) in [5.74, 6) is 2.07. The summed E-state index contributed by atoms with van der Waals surface area (Å²) >= 11 is 0. The zero-order valence-corrected chi connectivity index (χ0v) is 14.7. The molecule has 0 radical (unpaired) electrons. The van der Waals surface area contributed by atoms with Crippen LogP contribution in [-0.4, -0.2) is 23.1 Å². The quantitative estimate of drug-likeness (QED) is 0.683. The van der Waals surface area contributed by atoms with Crippen molar-refractivity contribution < 1.29 is 4.74 Å². The lowest BCUT2D eigenvalue weighted by Crippen LogP contribution is -2.13. The zero-order valence-electron chi connectivity index (χ0n) is 14.7. The molecule has 25 heavy (non-hydrogen) atoms. The van der Waals surface area contributed by atoms with E-state index in [1.54, 1.807) is 7.11 Å². The summed E-state index contributed by atoms with van der Waals surface area (Å²) in [6.45, 7) is 4.12. The van der Waals surface area contributed by atoms with E-state index in [-0.39, 0.29) is 6.04 Å². The van der Waals surface area contributed by atoms with Crippen molar-refractivity contribution in [1.82, 2.24) is 9.97 Å². The average molecular weight is 334 g/mol. The minimum absolute atomic E-state index is 0.241. The lowest BCUT2D eigenvalue weighted by Gasteiger charge is -2.14. The molecule has 128 valence electrons. The average Bonchev–Trinajstić information content (AvgIpc) is 2.62. The highest BCUT2D eigenvalue weighted by Crippen LogP contribution is 2.28. The summed E-state index contributed by atoms with van der Waals surface area (Å²) in [6, 6.07) is 20.0. The number of nitrogens with zero attached hydrogens (tertiary/aromatic N) is 2. The van der Waals surface area contributed by atoms with Crippen LogP contribution in [0.25, 0.3) is 11.3 Å². The Morgan fingerprint density at radius 3 is 2.36 bits per heavy atom. The molecule has 0 unspecified atom stereocenters. The van der Waals surface area contributed by atoms with Crippen molar-refractivity contribution in [2.45, 2.75) is 19.9 Å². The van der Waals surface area contributed by atoms with Gasteiger partial charge in [0.2, 0.25) is 5.95 Å². The first-order chi connectivity index (χ1) is 12.2. The van der Waals surface area contributed by atoms with Crippen LogP contribution in [0.5, 0.6) is 5.75 Å². The van der Waals surface area contributed by atoms with Gasteiger partial charge in [-0.05, 0) is 26.0 Å². The van der Waals surface area contributed by atoms with E-state index in [1.807, 2.05) is 60.7 Å². The Bertz CT molecular complexity index is 834. The second-order valence-electron chi connectivity index (χ2n) is 5.95. The number of ether oxygens (including phenoxy) is 1. The summed E-state index contributed by atoms with van der Waals surface area (Å²) in [4.78, 5) is 9.22. The molecule has 2 N–H and O–H groups in total. The Balaban J connectivity index is 2.00. The van der Waals surface area contributed by atoms with Gasteiger partial charge in [-0.25, -0.2) is 4.98 Å². The van der Waals surface area contributed by atoms with E-state index in [4.69, 9.17) is 4.74 Å². The van der Waals surface area contributed by atoms with E-state index in [2.05, 4.69) is 34.4 Å². The third-order valence-electron chi connectivity index (χ3n) is 3.58. The van der Waals surface area contributed by atoms with Gasteiger partial charge in [-0.15, -0.1) is 0 Å². The topological polar surface area (TPSA) is 59.1 Å². The molecule has 0 saturated carbocycles. The standard InChI is InChI=1S/C20H22N4O/c1-14(2)21-20-23-17(15-9-5-4-6-10-15)13-19(24-20)22-16-11-7-8-12-18(16)25-3/h4-14H,1-3H3,(H2,21,22,23,24). The predicted molar refractivity (Wildman–Crippen MR) is 103 cm³/mol. The van der Waals surface area contributed by atoms with E-state index in [1.165, 1.54) is 0 Å². The van der Waals surface area contributed by atoms with Gasteiger partial charge < -0.3 is 15.4 Å². The predicted octanol–water partition coefficient (Wildman–Crippen LogP) is 4.72. The summed E-state index contributed by atoms with van der Waals surface area (Å²) in [5.41, 5.74) is 2.76. The highest BCUT2D eigenvalue weighted by atomic mass is 16.5. The number of hydrogen-bond donors (Lipinski definition) is 2. The number of hydrogen-bond acceptors (Lipinski definition) is 5. The van der Waals surface area contributed by atoms with Crippen molar-refractivity contribution in [3.05, 3.63) is 60.7 Å². The third-order valence-corrected chi connectivity index (χ3v) is 3.58. The van der Waals surface area contributed by atoms with Gasteiger partial charge in [-0.2, -0.15) is 4.98 Å². The molecule has 0 bridgehead atoms. The number of methoxy groups -OCH3 is 1. The second kappa shape index (κ2) is 7.66. The summed E-state index contributed by atoms with van der Waals surface area (Å²) in [5, 5.41) is 6.61. The van der Waals surface area contributed by atoms with Gasteiger partial charge in [-0.3, -0.25) is 0 Å². The van der Waals surface area contributed by atoms with Gasteiger partial charge in [0.15, 0.2) is 0 Å². The molecule has 5 nitrogen and oxygen atoms in total. The van der Waals surface area contributed by atoms with E-state index >= 15 is 0 Å². The first-order valence-corrected chi connectivity index (χ1v) is 8.27. The Hall–Kier alpha value is -3.08. The van der Waals surface area contributed by atoms with Crippen molar-refractivity contribution in [1.29, 1.82) is 0 Å². The van der Waals surface area contributed by atoms with Crippen molar-refractivity contribution >= 4 is 17.5 Å². The van der Waals surface area contributed by atoms with Crippen molar-refractivity contribution in [3.63, 3.8) is 0 Å². The Kier molecular flexibility index (Phi) is 5.14. The molecule has 2 aromatic carbocycles. The lowest BCUT2D eigenvalue weighted by atomic mass is 10.1. The Morgan fingerprint density at radius 1 is 0.920 bits per heavy atom. The largest absolute Gasteiger partial charge is 0.495 e. The first-order valence-electron chi connectivity index (χ1n) is 8.27. The van der Waals surface area contributed by atoms with Crippen LogP contribution >= 0.6 is 0 Å². The number of benzene rings is 2. The van der Waals surface area contributed by atoms with Crippen LogP contribution in [0.2, 0.25) is 0 Å². The number of aromatic nitrogens is 2. The van der Waals surface area contributed by atoms with Crippen LogP contribution in [-0.2, 0) is 0 Å². The third kappa shape index (κ3) is 4.26. The van der Waals surface area contributed by atoms with E-state index in [0.29, 0.717) is 11.8 Å². The highest BCUT2D eigenvalue weighted by molar-refractivity contribution is 5.69. The Labute approximate surface area is 148 Å². The SMILES string of the molecule is COc1ccccc1Nc1cc(-c2ccccc2)nc(NC(C)C)n1. The molecule has 1 heterocycles. The van der Waals surface area contributed by atoms with Crippen LogP contribution in [0, 0.1) is 0 Å². The molecule has 3 aromatic rings. The summed E-state index contributed by atoms with van der Waals surface area (Å²) in [7, 11) is 1.65. The van der Waals surface area contributed by atoms with Gasteiger partial charge in [0.05, 0.1) is 18.5 Å². The van der Waals surface area contributed by atoms with Crippen LogP contribution in [0.1, 0.15) is 13.8 Å². The maximum absolute atomic E-state index is 5.41. The van der Waals surface area contributed by atoms with Gasteiger partial charge >= 0.3 is 0 Å². The molecule has 0 aliphatic carbocycles. The zero-order chi connectivity index (χ0) is 17.6. The van der Waals surface area contributed by atoms with Crippen LogP contribution in [0.4, 0.5) is 17.5 Å². The monoisotopic (exact) mass is 334 g/mol. The molecule has 0 spiro atoms. The van der Waals surface area contributed by atoms with E-state index in [0.717, 1.165) is 22.7 Å². The summed E-state index contributed by atoms with van der Waals surface area (Å²) in [6.07, 6.45) is 0. The van der Waals surface area contributed by atoms with Gasteiger partial charge in [-0.1, -0.05) is 42.5 Å². The van der Waals surface area contributed by atoms with Crippen molar-refractivity contribution in [3.8, 4) is 17.0 Å². The molecule has 0 aliphatic heterocycles. The fourth-order valence-electron chi connectivity index (χ4n) is 2.48. The molecule has 1 aromatic heterocycles. The fraction of sp³-hybridized carbons (Fsp3) is 0.200. The molecule has 0 saturated heterocycles. The van der Waals surface area contributed by atoms with Crippen LogP contribution in [0.3, 0.4) is 0 Å². The first kappa shape index (κ1) is 16.8. The van der Waals surface area contributed by atoms with Gasteiger partial charge in [0, 0.05) is 17.7 Å². The number of rotatable bonds is 6. The molecule has 0 aliphatic rings. The minimum Gasteiger partial charge on any atom is -0.495 e. The van der Waals surface area contributed by atoms with Crippen LogP contribution < -0.4 is 15.4 Å². The fourth-order valence-corrected chi connectivity index (χ4v) is 2.48. The van der Waals surface area contributed by atoms with Gasteiger partial charge in [0.25, 0.3) is 0 Å². The molecule has 0 atom stereocenters. The van der Waals surface area contributed by atoms with E-state index < -0.39 is 0 Å². The number of anilines is 3. The van der Waals surface area contributed by atoms with Crippen molar-refractivity contribution in [2.75, 3.05) is 17.7 Å². The molecular weight excluding hydrogens is 312 g/mol. The Morgan fingerprint density at radius 2 is 1.64 bits per heavy atom.